The van der Waals surface area contributed by atoms with Gasteiger partial charge >= 0.3 is 0 Å². The first-order valence-corrected chi connectivity index (χ1v) is 7.99. The van der Waals surface area contributed by atoms with E-state index in [-0.39, 0.29) is 5.91 Å². The summed E-state index contributed by atoms with van der Waals surface area (Å²) in [5.41, 5.74) is 7.97. The number of anilines is 1. The number of amides is 1. The van der Waals surface area contributed by atoms with Crippen molar-refractivity contribution in [1.82, 2.24) is 4.90 Å². The number of hydrogen-bond acceptors (Lipinski definition) is 3. The monoisotopic (exact) mass is 289 g/mol. The minimum atomic E-state index is 0.285. The van der Waals surface area contributed by atoms with Gasteiger partial charge in [-0.05, 0) is 31.0 Å². The van der Waals surface area contributed by atoms with Crippen molar-refractivity contribution in [3.05, 3.63) is 29.8 Å². The first-order chi connectivity index (χ1) is 10.2. The van der Waals surface area contributed by atoms with Gasteiger partial charge in [-0.1, -0.05) is 31.0 Å². The molecule has 0 saturated carbocycles. The van der Waals surface area contributed by atoms with Crippen LogP contribution in [-0.2, 0) is 11.3 Å². The molecular weight excluding hydrogens is 262 g/mol. The van der Waals surface area contributed by atoms with Crippen LogP contribution in [0.2, 0.25) is 0 Å². The Hall–Kier alpha value is -1.55. The molecule has 1 aromatic carbocycles. The summed E-state index contributed by atoms with van der Waals surface area (Å²) < 4.78 is 0. The average Bonchev–Trinajstić information content (AvgIpc) is 2.67. The molecule has 2 N–H and O–H groups in total. The van der Waals surface area contributed by atoms with Crippen LogP contribution in [0.15, 0.2) is 24.3 Å². The highest BCUT2D eigenvalue weighted by atomic mass is 16.2. The molecule has 0 spiro atoms. The van der Waals surface area contributed by atoms with Crippen LogP contribution in [0.1, 0.15) is 37.7 Å². The zero-order valence-corrected chi connectivity index (χ0v) is 13.1. The van der Waals surface area contributed by atoms with Gasteiger partial charge in [-0.25, -0.2) is 0 Å². The maximum absolute atomic E-state index is 12.4. The number of likely N-dealkylation sites (N-methyl/N-ethyl adjacent to an activating group) is 1. The Bertz CT molecular complexity index is 461. The van der Waals surface area contributed by atoms with Crippen molar-refractivity contribution >= 4 is 11.6 Å². The Kier molecular flexibility index (Phi) is 6.05. The van der Waals surface area contributed by atoms with Crippen LogP contribution >= 0.6 is 0 Å². The van der Waals surface area contributed by atoms with E-state index in [9.17, 15) is 4.79 Å². The summed E-state index contributed by atoms with van der Waals surface area (Å²) in [6, 6.07) is 8.37. The van der Waals surface area contributed by atoms with E-state index in [4.69, 9.17) is 5.73 Å². The van der Waals surface area contributed by atoms with Crippen molar-refractivity contribution in [2.45, 2.75) is 38.6 Å². The third-order valence-electron chi connectivity index (χ3n) is 4.17. The zero-order valence-electron chi connectivity index (χ0n) is 13.1. The molecule has 1 heterocycles. The van der Waals surface area contributed by atoms with Crippen LogP contribution in [0, 0.1) is 0 Å². The fraction of sp³-hybridized carbons (Fsp3) is 0.588. The molecule has 0 fully saturated rings. The molecule has 1 aliphatic rings. The molecule has 1 amide bonds. The number of rotatable bonds is 6. The molecule has 116 valence electrons. The Balaban J connectivity index is 1.88. The van der Waals surface area contributed by atoms with E-state index in [1.54, 1.807) is 0 Å². The Morgan fingerprint density at radius 1 is 1.14 bits per heavy atom. The van der Waals surface area contributed by atoms with E-state index < -0.39 is 0 Å². The van der Waals surface area contributed by atoms with Crippen molar-refractivity contribution < 1.29 is 4.79 Å². The number of para-hydroxylation sites is 1. The van der Waals surface area contributed by atoms with Crippen LogP contribution in [0.4, 0.5) is 5.69 Å². The number of carbonyl (C=O) groups excluding carboxylic acids is 1. The number of nitrogens with zero attached hydrogens (tertiary/aromatic N) is 2. The van der Waals surface area contributed by atoms with Crippen LogP contribution in [0.5, 0.6) is 0 Å². The maximum Gasteiger partial charge on any atom is 0.222 e. The lowest BCUT2D eigenvalue weighted by molar-refractivity contribution is -0.131. The third-order valence-corrected chi connectivity index (χ3v) is 4.17. The van der Waals surface area contributed by atoms with Gasteiger partial charge < -0.3 is 15.5 Å². The highest BCUT2D eigenvalue weighted by Gasteiger charge is 2.20. The van der Waals surface area contributed by atoms with Crippen LogP contribution in [0.3, 0.4) is 0 Å². The number of fused-ring (bicyclic) bond motifs is 1. The largest absolute Gasteiger partial charge is 0.373 e. The molecular formula is C17H27N3O. The summed E-state index contributed by atoms with van der Waals surface area (Å²) in [4.78, 5) is 16.6. The molecule has 21 heavy (non-hydrogen) atoms. The first-order valence-electron chi connectivity index (χ1n) is 7.99. The van der Waals surface area contributed by atoms with Crippen molar-refractivity contribution in [1.29, 1.82) is 0 Å². The van der Waals surface area contributed by atoms with Gasteiger partial charge in [0.15, 0.2) is 0 Å². The topological polar surface area (TPSA) is 49.6 Å². The normalized spacial score (nSPS) is 14.8. The molecule has 2 rings (SSSR count). The van der Waals surface area contributed by atoms with Crippen LogP contribution < -0.4 is 10.6 Å². The van der Waals surface area contributed by atoms with Gasteiger partial charge in [0.25, 0.3) is 0 Å². The summed E-state index contributed by atoms with van der Waals surface area (Å²) in [6.45, 7) is 3.20. The van der Waals surface area contributed by atoms with Crippen LogP contribution in [-0.4, -0.2) is 37.5 Å². The quantitative estimate of drug-likeness (QED) is 0.818. The number of benzene rings is 1. The average molecular weight is 289 g/mol. The summed E-state index contributed by atoms with van der Waals surface area (Å²) in [5, 5.41) is 0. The van der Waals surface area contributed by atoms with Crippen molar-refractivity contribution in [2.75, 3.05) is 31.6 Å². The van der Waals surface area contributed by atoms with Gasteiger partial charge in [0.2, 0.25) is 5.91 Å². The zero-order chi connectivity index (χ0) is 15.1. The Morgan fingerprint density at radius 2 is 1.90 bits per heavy atom. The number of hydrogen-bond donors (Lipinski definition) is 1. The molecule has 0 atom stereocenters. The lowest BCUT2D eigenvalue weighted by Gasteiger charge is -2.21. The molecule has 0 unspecified atom stereocenters. The fourth-order valence-electron chi connectivity index (χ4n) is 2.84. The molecule has 1 aliphatic heterocycles. The minimum absolute atomic E-state index is 0.285. The molecule has 4 nitrogen and oxygen atoms in total. The number of carbonyl (C=O) groups is 1. The Morgan fingerprint density at radius 3 is 2.71 bits per heavy atom. The second-order valence-electron chi connectivity index (χ2n) is 5.82. The standard InChI is InChI=1S/C17H27N3O/c1-19-12-13-20(14-15-8-5-6-9-16(15)19)17(21)10-4-2-3-7-11-18/h5-6,8-9H,2-4,7,10-14,18H2,1H3. The van der Waals surface area contributed by atoms with Gasteiger partial charge in [-0.3, -0.25) is 4.79 Å². The van der Waals surface area contributed by atoms with E-state index in [1.165, 1.54) is 11.3 Å². The van der Waals surface area contributed by atoms with E-state index in [2.05, 4.69) is 30.1 Å². The summed E-state index contributed by atoms with van der Waals surface area (Å²) in [7, 11) is 2.10. The van der Waals surface area contributed by atoms with Gasteiger partial charge in [-0.15, -0.1) is 0 Å². The number of unbranched alkanes of at least 4 members (excludes halogenated alkanes) is 3. The molecule has 1 aromatic rings. The highest BCUT2D eigenvalue weighted by Crippen LogP contribution is 2.24. The Labute approximate surface area is 127 Å². The van der Waals surface area contributed by atoms with E-state index in [1.807, 2.05) is 11.0 Å². The SMILES string of the molecule is CN1CCN(C(=O)CCCCCCN)Cc2ccccc21. The minimum Gasteiger partial charge on any atom is -0.373 e. The van der Waals surface area contributed by atoms with Crippen LogP contribution in [0.25, 0.3) is 0 Å². The molecule has 0 aliphatic carbocycles. The predicted molar refractivity (Wildman–Crippen MR) is 87.3 cm³/mol. The molecule has 0 bridgehead atoms. The third kappa shape index (κ3) is 4.46. The second kappa shape index (κ2) is 8.03. The summed E-state index contributed by atoms with van der Waals surface area (Å²) >= 11 is 0. The fourth-order valence-corrected chi connectivity index (χ4v) is 2.84. The predicted octanol–water partition coefficient (Wildman–Crippen LogP) is 2.37. The summed E-state index contributed by atoms with van der Waals surface area (Å²) in [6.07, 6.45) is 4.95. The van der Waals surface area contributed by atoms with Gasteiger partial charge in [-0.2, -0.15) is 0 Å². The van der Waals surface area contributed by atoms with Crippen molar-refractivity contribution in [3.63, 3.8) is 0 Å². The molecule has 0 aromatic heterocycles. The molecule has 0 radical (unpaired) electrons. The maximum atomic E-state index is 12.4. The van der Waals surface area contributed by atoms with Gasteiger partial charge in [0.1, 0.15) is 0 Å². The van der Waals surface area contributed by atoms with Crippen molar-refractivity contribution in [3.8, 4) is 0 Å². The van der Waals surface area contributed by atoms with Gasteiger partial charge in [0.05, 0.1) is 0 Å². The summed E-state index contributed by atoms with van der Waals surface area (Å²) in [5.74, 6) is 0.285. The lowest BCUT2D eigenvalue weighted by Crippen LogP contribution is -2.34. The second-order valence-corrected chi connectivity index (χ2v) is 5.82. The smallest absolute Gasteiger partial charge is 0.222 e. The molecule has 4 heteroatoms. The first kappa shape index (κ1) is 15.8. The van der Waals surface area contributed by atoms with Gasteiger partial charge in [0, 0.05) is 38.8 Å². The van der Waals surface area contributed by atoms with Crippen molar-refractivity contribution in [2.24, 2.45) is 5.73 Å². The highest BCUT2D eigenvalue weighted by molar-refractivity contribution is 5.76. The molecule has 0 saturated heterocycles. The van der Waals surface area contributed by atoms with E-state index in [0.717, 1.165) is 51.9 Å². The van der Waals surface area contributed by atoms with E-state index in [0.29, 0.717) is 6.42 Å². The van der Waals surface area contributed by atoms with E-state index >= 15 is 0 Å². The number of nitrogens with two attached hydrogens (primary N) is 1. The lowest BCUT2D eigenvalue weighted by atomic mass is 10.1.